The lowest BCUT2D eigenvalue weighted by Crippen LogP contribution is -2.46. The highest BCUT2D eigenvalue weighted by Gasteiger charge is 2.43. The van der Waals surface area contributed by atoms with Gasteiger partial charge in [-0.1, -0.05) is 12.8 Å². The van der Waals surface area contributed by atoms with E-state index in [0.717, 1.165) is 36.6 Å². The third kappa shape index (κ3) is 1.97. The lowest BCUT2D eigenvalue weighted by atomic mass is 9.76. The maximum Gasteiger partial charge on any atom is 0.224 e. The van der Waals surface area contributed by atoms with E-state index in [1.807, 2.05) is 18.5 Å². The average molecular weight is 272 g/mol. The fourth-order valence-corrected chi connectivity index (χ4v) is 3.75. The normalized spacial score (nSPS) is 25.3. The molecule has 0 aromatic carbocycles. The summed E-state index contributed by atoms with van der Waals surface area (Å²) in [4.78, 5) is 12.2. The van der Waals surface area contributed by atoms with Crippen LogP contribution in [0, 0.1) is 5.41 Å². The molecular formula is C15H20N4O. The SMILES string of the molecule is c1cc2cnc(NC3CCOCC34CCCC4)nc2[nH]1. The minimum absolute atomic E-state index is 0.298. The van der Waals surface area contributed by atoms with Crippen molar-refractivity contribution in [3.63, 3.8) is 0 Å². The zero-order valence-corrected chi connectivity index (χ0v) is 11.6. The average Bonchev–Trinajstić information content (AvgIpc) is 3.11. The van der Waals surface area contributed by atoms with Crippen molar-refractivity contribution in [1.82, 2.24) is 15.0 Å². The van der Waals surface area contributed by atoms with E-state index in [4.69, 9.17) is 4.74 Å². The van der Waals surface area contributed by atoms with E-state index in [-0.39, 0.29) is 0 Å². The molecule has 3 heterocycles. The molecule has 1 unspecified atom stereocenters. The highest BCUT2D eigenvalue weighted by atomic mass is 16.5. The molecule has 2 aromatic heterocycles. The largest absolute Gasteiger partial charge is 0.381 e. The summed E-state index contributed by atoms with van der Waals surface area (Å²) in [6, 6.07) is 2.43. The van der Waals surface area contributed by atoms with Gasteiger partial charge in [0.15, 0.2) is 0 Å². The molecule has 1 atom stereocenters. The quantitative estimate of drug-likeness (QED) is 0.882. The van der Waals surface area contributed by atoms with Gasteiger partial charge in [-0.3, -0.25) is 0 Å². The lowest BCUT2D eigenvalue weighted by Gasteiger charge is -2.41. The predicted molar refractivity (Wildman–Crippen MR) is 77.6 cm³/mol. The predicted octanol–water partition coefficient (Wildman–Crippen LogP) is 2.72. The van der Waals surface area contributed by atoms with Crippen LogP contribution in [0.4, 0.5) is 5.95 Å². The van der Waals surface area contributed by atoms with Crippen molar-refractivity contribution in [2.24, 2.45) is 5.41 Å². The number of anilines is 1. The van der Waals surface area contributed by atoms with Gasteiger partial charge in [-0.25, -0.2) is 4.98 Å². The molecule has 1 aliphatic heterocycles. The molecule has 2 aromatic rings. The first-order chi connectivity index (χ1) is 9.86. The molecular weight excluding hydrogens is 252 g/mol. The van der Waals surface area contributed by atoms with Crippen LogP contribution < -0.4 is 5.32 Å². The van der Waals surface area contributed by atoms with Crippen molar-refractivity contribution in [3.05, 3.63) is 18.5 Å². The zero-order chi connectivity index (χ0) is 13.4. The summed E-state index contributed by atoms with van der Waals surface area (Å²) in [6.45, 7) is 1.72. The van der Waals surface area contributed by atoms with Crippen molar-refractivity contribution in [2.45, 2.75) is 38.1 Å². The monoisotopic (exact) mass is 272 g/mol. The number of rotatable bonds is 2. The Morgan fingerprint density at radius 1 is 1.35 bits per heavy atom. The van der Waals surface area contributed by atoms with E-state index >= 15 is 0 Å². The summed E-state index contributed by atoms with van der Waals surface area (Å²) in [5, 5.41) is 4.63. The van der Waals surface area contributed by atoms with E-state index in [2.05, 4.69) is 20.3 Å². The molecule has 5 nitrogen and oxygen atoms in total. The van der Waals surface area contributed by atoms with Crippen LogP contribution in [0.2, 0.25) is 0 Å². The molecule has 1 spiro atoms. The Kier molecular flexibility index (Phi) is 2.88. The Morgan fingerprint density at radius 3 is 3.15 bits per heavy atom. The molecule has 0 amide bonds. The first-order valence-corrected chi connectivity index (χ1v) is 7.50. The van der Waals surface area contributed by atoms with Gasteiger partial charge in [0, 0.05) is 35.8 Å². The number of hydrogen-bond acceptors (Lipinski definition) is 4. The Morgan fingerprint density at radius 2 is 2.25 bits per heavy atom. The molecule has 1 saturated carbocycles. The van der Waals surface area contributed by atoms with E-state index in [9.17, 15) is 0 Å². The molecule has 106 valence electrons. The van der Waals surface area contributed by atoms with Gasteiger partial charge in [-0.2, -0.15) is 4.98 Å². The molecule has 4 rings (SSSR count). The Hall–Kier alpha value is -1.62. The Bertz CT molecular complexity index is 603. The molecule has 2 fully saturated rings. The second-order valence-electron chi connectivity index (χ2n) is 6.08. The van der Waals surface area contributed by atoms with Crippen LogP contribution in [0.3, 0.4) is 0 Å². The van der Waals surface area contributed by atoms with Gasteiger partial charge < -0.3 is 15.0 Å². The van der Waals surface area contributed by atoms with E-state index in [1.54, 1.807) is 0 Å². The Labute approximate surface area is 118 Å². The fourth-order valence-electron chi connectivity index (χ4n) is 3.75. The Balaban J connectivity index is 1.59. The first-order valence-electron chi connectivity index (χ1n) is 7.50. The highest BCUT2D eigenvalue weighted by molar-refractivity contribution is 5.75. The molecule has 1 saturated heterocycles. The van der Waals surface area contributed by atoms with Gasteiger partial charge >= 0.3 is 0 Å². The van der Waals surface area contributed by atoms with Crippen molar-refractivity contribution >= 4 is 17.0 Å². The maximum absolute atomic E-state index is 5.75. The number of H-pyrrole nitrogens is 1. The van der Waals surface area contributed by atoms with E-state index in [1.165, 1.54) is 25.7 Å². The van der Waals surface area contributed by atoms with Gasteiger partial charge in [0.25, 0.3) is 0 Å². The molecule has 2 aliphatic rings. The van der Waals surface area contributed by atoms with Crippen molar-refractivity contribution in [3.8, 4) is 0 Å². The topological polar surface area (TPSA) is 62.8 Å². The summed E-state index contributed by atoms with van der Waals surface area (Å²) < 4.78 is 5.75. The van der Waals surface area contributed by atoms with Crippen LogP contribution in [-0.4, -0.2) is 34.2 Å². The highest BCUT2D eigenvalue weighted by Crippen LogP contribution is 2.45. The van der Waals surface area contributed by atoms with Crippen LogP contribution in [0.5, 0.6) is 0 Å². The molecule has 2 N–H and O–H groups in total. The van der Waals surface area contributed by atoms with Crippen LogP contribution >= 0.6 is 0 Å². The third-order valence-electron chi connectivity index (χ3n) is 4.88. The zero-order valence-electron chi connectivity index (χ0n) is 11.6. The second kappa shape index (κ2) is 4.74. The standard InChI is InChI=1S/C15H20N4O/c1-2-6-15(5-1)10-20-8-4-12(15)18-14-17-9-11-3-7-16-13(11)19-14/h3,7,9,12H,1-2,4-6,8,10H2,(H2,16,17,18,19). The lowest BCUT2D eigenvalue weighted by molar-refractivity contribution is -0.0134. The third-order valence-corrected chi connectivity index (χ3v) is 4.88. The molecule has 0 radical (unpaired) electrons. The summed E-state index contributed by atoms with van der Waals surface area (Å²) in [7, 11) is 0. The molecule has 5 heteroatoms. The van der Waals surface area contributed by atoms with Crippen molar-refractivity contribution < 1.29 is 4.74 Å². The number of fused-ring (bicyclic) bond motifs is 1. The second-order valence-corrected chi connectivity index (χ2v) is 6.08. The van der Waals surface area contributed by atoms with Crippen LogP contribution in [-0.2, 0) is 4.74 Å². The number of ether oxygens (including phenoxy) is 1. The molecule has 1 aliphatic carbocycles. The summed E-state index contributed by atoms with van der Waals surface area (Å²) in [5.74, 6) is 0.734. The van der Waals surface area contributed by atoms with Crippen LogP contribution in [0.1, 0.15) is 32.1 Å². The van der Waals surface area contributed by atoms with Gasteiger partial charge in [-0.05, 0) is 25.3 Å². The van der Waals surface area contributed by atoms with Gasteiger partial charge in [0.1, 0.15) is 5.65 Å². The number of nitrogens with one attached hydrogen (secondary N) is 2. The molecule has 0 bridgehead atoms. The van der Waals surface area contributed by atoms with Gasteiger partial charge in [-0.15, -0.1) is 0 Å². The summed E-state index contributed by atoms with van der Waals surface area (Å²) >= 11 is 0. The number of hydrogen-bond donors (Lipinski definition) is 2. The number of aromatic nitrogens is 3. The van der Waals surface area contributed by atoms with Crippen molar-refractivity contribution in [1.29, 1.82) is 0 Å². The summed E-state index contributed by atoms with van der Waals surface area (Å²) in [6.07, 6.45) is 9.98. The van der Waals surface area contributed by atoms with Crippen LogP contribution in [0.15, 0.2) is 18.5 Å². The van der Waals surface area contributed by atoms with E-state index in [0.29, 0.717) is 11.5 Å². The van der Waals surface area contributed by atoms with E-state index < -0.39 is 0 Å². The fraction of sp³-hybridized carbons (Fsp3) is 0.600. The first kappa shape index (κ1) is 12.1. The van der Waals surface area contributed by atoms with Gasteiger partial charge in [0.05, 0.1) is 6.61 Å². The minimum Gasteiger partial charge on any atom is -0.381 e. The van der Waals surface area contributed by atoms with Crippen LogP contribution in [0.25, 0.3) is 11.0 Å². The smallest absolute Gasteiger partial charge is 0.224 e. The summed E-state index contributed by atoms with van der Waals surface area (Å²) in [5.41, 5.74) is 1.20. The van der Waals surface area contributed by atoms with Crippen molar-refractivity contribution in [2.75, 3.05) is 18.5 Å². The minimum atomic E-state index is 0.298. The molecule has 20 heavy (non-hydrogen) atoms. The van der Waals surface area contributed by atoms with Gasteiger partial charge in [0.2, 0.25) is 5.95 Å². The maximum atomic E-state index is 5.75. The number of nitrogens with zero attached hydrogens (tertiary/aromatic N) is 2. The number of aromatic amines is 1.